The van der Waals surface area contributed by atoms with E-state index in [0.717, 1.165) is 57.8 Å². The number of nitrogens with one attached hydrogen (secondary N) is 5. The molecule has 0 unspecified atom stereocenters. The van der Waals surface area contributed by atoms with E-state index in [2.05, 4.69) is 26.6 Å². The standard InChI is InChI=1S/C60H103N5O22/c1-3-44(50(69)40-63-56(43(2)66)60(82)83)21-18-19-31-61-52(71)30-28-49(59(80)81)65-54(73)42-87-38-35-84-33-20-22-47(68)41-86-37-36-85-34-32-62-51(70)29-25-45(57(76)77)39-46(67)26-27-48(58(78)79)64-53(72)23-16-14-12-10-8-6-4-5-7-9-11-13-15-17-24-55(74)75/h43-45,48-49,56,63,66H,3-42H2,1-2H3,(H,61,71)(H,62,70)(H,64,72)(H,65,73)(H,74,75)(H,76,77)(H,78,79)(H,80,81)(H,82,83)/t43-,44+,45-,48+,49+,56+/m1/s1. The van der Waals surface area contributed by atoms with E-state index in [9.17, 15) is 78.0 Å². The fourth-order valence-electron chi connectivity index (χ4n) is 9.11. The number of carboxylic acids is 5. The maximum atomic E-state index is 12.7. The normalized spacial score (nSPS) is 13.3. The average molecular weight is 1250 g/mol. The van der Waals surface area contributed by atoms with E-state index in [4.69, 9.17) is 29.2 Å². The Morgan fingerprint density at radius 2 is 0.897 bits per heavy atom. The third-order valence-electron chi connectivity index (χ3n) is 14.3. The average Bonchev–Trinajstić information content (AvgIpc) is 3.60. The van der Waals surface area contributed by atoms with E-state index in [0.29, 0.717) is 38.5 Å². The molecule has 6 atom stereocenters. The summed E-state index contributed by atoms with van der Waals surface area (Å²) in [5, 5.41) is 68.9. The lowest BCUT2D eigenvalue weighted by Gasteiger charge is -2.19. The largest absolute Gasteiger partial charge is 0.481 e. The summed E-state index contributed by atoms with van der Waals surface area (Å²) in [6.45, 7) is 3.40. The summed E-state index contributed by atoms with van der Waals surface area (Å²) in [5.74, 6) is -10.3. The van der Waals surface area contributed by atoms with Gasteiger partial charge in [0.05, 0.1) is 51.6 Å². The second kappa shape index (κ2) is 53.1. The van der Waals surface area contributed by atoms with Crippen LogP contribution in [0.2, 0.25) is 0 Å². The Hall–Kier alpha value is -6.00. The maximum Gasteiger partial charge on any atom is 0.326 e. The Kier molecular flexibility index (Phi) is 49.4. The van der Waals surface area contributed by atoms with E-state index in [-0.39, 0.29) is 141 Å². The van der Waals surface area contributed by atoms with Crippen molar-refractivity contribution in [3.63, 3.8) is 0 Å². The first-order valence-electron chi connectivity index (χ1n) is 31.1. The van der Waals surface area contributed by atoms with Gasteiger partial charge in [0.15, 0.2) is 5.78 Å². The van der Waals surface area contributed by atoms with Gasteiger partial charge in [-0.1, -0.05) is 90.4 Å². The van der Waals surface area contributed by atoms with Gasteiger partial charge in [0.1, 0.15) is 42.9 Å². The lowest BCUT2D eigenvalue weighted by Crippen LogP contribution is -2.47. The van der Waals surface area contributed by atoms with Gasteiger partial charge in [0.25, 0.3) is 0 Å². The van der Waals surface area contributed by atoms with Gasteiger partial charge in [0.2, 0.25) is 23.6 Å². The van der Waals surface area contributed by atoms with Gasteiger partial charge in [-0.05, 0) is 64.7 Å². The van der Waals surface area contributed by atoms with Crippen LogP contribution < -0.4 is 26.6 Å². The first kappa shape index (κ1) is 81.0. The Balaban J connectivity index is 4.06. The second-order valence-corrected chi connectivity index (χ2v) is 21.8. The number of aliphatic hydroxyl groups is 1. The van der Waals surface area contributed by atoms with Gasteiger partial charge in [-0.15, -0.1) is 0 Å². The molecule has 500 valence electrons. The predicted octanol–water partition coefficient (Wildman–Crippen LogP) is 4.29. The van der Waals surface area contributed by atoms with Gasteiger partial charge in [-0.2, -0.15) is 0 Å². The van der Waals surface area contributed by atoms with Crippen LogP contribution in [0.25, 0.3) is 0 Å². The Bertz CT molecular complexity index is 2030. The molecule has 0 radical (unpaired) electrons. The number of aliphatic carboxylic acids is 5. The number of ketones is 3. The van der Waals surface area contributed by atoms with E-state index in [1.54, 1.807) is 0 Å². The molecule has 0 heterocycles. The van der Waals surface area contributed by atoms with E-state index >= 15 is 0 Å². The van der Waals surface area contributed by atoms with Crippen LogP contribution in [0, 0.1) is 11.8 Å². The first-order valence-corrected chi connectivity index (χ1v) is 31.1. The smallest absolute Gasteiger partial charge is 0.326 e. The van der Waals surface area contributed by atoms with Crippen LogP contribution in [-0.2, 0) is 76.5 Å². The summed E-state index contributed by atoms with van der Waals surface area (Å²) < 4.78 is 21.4. The molecule has 0 aromatic rings. The number of hydrogen-bond donors (Lipinski definition) is 11. The van der Waals surface area contributed by atoms with Gasteiger partial charge < -0.3 is 70.9 Å². The fourth-order valence-corrected chi connectivity index (χ4v) is 9.11. The molecule has 0 aromatic heterocycles. The lowest BCUT2D eigenvalue weighted by molar-refractivity contribution is -0.145. The highest BCUT2D eigenvalue weighted by molar-refractivity contribution is 5.87. The zero-order chi connectivity index (χ0) is 65.0. The van der Waals surface area contributed by atoms with Crippen LogP contribution in [-0.4, -0.2) is 198 Å². The van der Waals surface area contributed by atoms with Crippen LogP contribution in [0.5, 0.6) is 0 Å². The molecule has 0 spiro atoms. The number of hydrogen-bond acceptors (Lipinski definition) is 18. The van der Waals surface area contributed by atoms with Crippen molar-refractivity contribution in [3.05, 3.63) is 0 Å². The Morgan fingerprint density at radius 1 is 0.402 bits per heavy atom. The Morgan fingerprint density at radius 3 is 1.43 bits per heavy atom. The van der Waals surface area contributed by atoms with Crippen LogP contribution in [0.15, 0.2) is 0 Å². The van der Waals surface area contributed by atoms with Crippen molar-refractivity contribution in [1.82, 2.24) is 26.6 Å². The monoisotopic (exact) mass is 1250 g/mol. The molecule has 27 heteroatoms. The predicted molar refractivity (Wildman–Crippen MR) is 316 cm³/mol. The van der Waals surface area contributed by atoms with Crippen molar-refractivity contribution in [2.75, 3.05) is 72.5 Å². The highest BCUT2D eigenvalue weighted by atomic mass is 16.5. The number of carbonyl (C=O) groups is 12. The molecule has 4 amide bonds. The summed E-state index contributed by atoms with van der Waals surface area (Å²) >= 11 is 0. The molecular formula is C60H103N5O22. The molecule has 0 aliphatic carbocycles. The maximum absolute atomic E-state index is 12.7. The molecule has 27 nitrogen and oxygen atoms in total. The zero-order valence-corrected chi connectivity index (χ0v) is 51.5. The van der Waals surface area contributed by atoms with Crippen LogP contribution >= 0.6 is 0 Å². The molecule has 87 heavy (non-hydrogen) atoms. The molecule has 0 aliphatic rings. The fraction of sp³-hybridized carbons (Fsp3) is 0.800. The van der Waals surface area contributed by atoms with Crippen LogP contribution in [0.4, 0.5) is 0 Å². The molecule has 0 rings (SSSR count). The van der Waals surface area contributed by atoms with E-state index in [1.165, 1.54) is 32.6 Å². The van der Waals surface area contributed by atoms with Crippen LogP contribution in [0.3, 0.4) is 0 Å². The highest BCUT2D eigenvalue weighted by Gasteiger charge is 2.27. The van der Waals surface area contributed by atoms with Crippen molar-refractivity contribution in [2.45, 2.75) is 224 Å². The molecular weight excluding hydrogens is 1140 g/mol. The highest BCUT2D eigenvalue weighted by Crippen LogP contribution is 2.18. The van der Waals surface area contributed by atoms with Crippen molar-refractivity contribution in [1.29, 1.82) is 0 Å². The molecule has 0 bridgehead atoms. The first-order chi connectivity index (χ1) is 41.6. The SMILES string of the molecule is CC[C@@H](CCCCNC(=O)CC[C@H](NC(=O)COCCOCCCC(=O)COCCOCCNC(=O)CC[C@H](CC(=O)CC[C@H](NC(=O)CCCCCCCCCCCCCCCCC(=O)O)C(=O)O)C(=O)O)C(=O)O)C(=O)CN[C@H](C(=O)O)[C@@H](C)O. The number of amides is 4. The molecule has 0 aliphatic heterocycles. The summed E-state index contributed by atoms with van der Waals surface area (Å²) in [6.07, 6.45) is 14.9. The molecule has 11 N–H and O–H groups in total. The van der Waals surface area contributed by atoms with E-state index < -0.39 is 102 Å². The number of aliphatic hydroxyl groups excluding tert-OH is 1. The van der Waals surface area contributed by atoms with Gasteiger partial charge in [-0.25, -0.2) is 9.59 Å². The molecule has 0 aromatic carbocycles. The summed E-state index contributed by atoms with van der Waals surface area (Å²) in [7, 11) is 0. The number of carboxylic acid groups (broad SMARTS) is 5. The molecule has 0 saturated carbocycles. The Labute approximate surface area is 511 Å². The van der Waals surface area contributed by atoms with Crippen molar-refractivity contribution >= 4 is 70.8 Å². The second-order valence-electron chi connectivity index (χ2n) is 21.8. The molecule has 0 fully saturated rings. The minimum atomic E-state index is -1.33. The third-order valence-corrected chi connectivity index (χ3v) is 14.3. The summed E-state index contributed by atoms with van der Waals surface area (Å²) in [4.78, 5) is 144. The third kappa shape index (κ3) is 47.7. The van der Waals surface area contributed by atoms with E-state index in [1.807, 2.05) is 6.92 Å². The number of ether oxygens (including phenoxy) is 4. The zero-order valence-electron chi connectivity index (χ0n) is 51.5. The number of unbranched alkanes of at least 4 members (excludes halogenated alkanes) is 14. The van der Waals surface area contributed by atoms with Gasteiger partial charge in [-0.3, -0.25) is 53.3 Å². The summed E-state index contributed by atoms with van der Waals surface area (Å²) in [6, 6.07) is -3.90. The topological polar surface area (TPSA) is 423 Å². The minimum Gasteiger partial charge on any atom is -0.481 e. The minimum absolute atomic E-state index is 0.0121. The quantitative estimate of drug-likeness (QED) is 0.0378. The van der Waals surface area contributed by atoms with Gasteiger partial charge >= 0.3 is 29.8 Å². The lowest BCUT2D eigenvalue weighted by atomic mass is 9.94. The van der Waals surface area contributed by atoms with Crippen molar-refractivity contribution in [2.24, 2.45) is 11.8 Å². The van der Waals surface area contributed by atoms with Gasteiger partial charge in [0, 0.05) is 70.6 Å². The molecule has 0 saturated heterocycles. The number of Topliss-reactive ketones (excluding diaryl/α,β-unsaturated/α-hetero) is 3. The summed E-state index contributed by atoms with van der Waals surface area (Å²) in [5.41, 5.74) is 0. The van der Waals surface area contributed by atoms with Crippen molar-refractivity contribution in [3.8, 4) is 0 Å². The van der Waals surface area contributed by atoms with Crippen LogP contribution in [0.1, 0.15) is 200 Å². The number of carbonyl (C=O) groups excluding carboxylic acids is 7. The number of rotatable bonds is 62. The van der Waals surface area contributed by atoms with Crippen molar-refractivity contribution < 1.29 is 107 Å².